The number of anilines is 1. The van der Waals surface area contributed by atoms with E-state index in [-0.39, 0.29) is 6.23 Å². The lowest BCUT2D eigenvalue weighted by Crippen LogP contribution is -2.18. The number of nitrogens with two attached hydrogens (primary N) is 1. The van der Waals surface area contributed by atoms with Crippen molar-refractivity contribution < 1.29 is 4.74 Å². The summed E-state index contributed by atoms with van der Waals surface area (Å²) in [7, 11) is 0. The van der Waals surface area contributed by atoms with Crippen molar-refractivity contribution in [1.29, 1.82) is 0 Å². The highest BCUT2D eigenvalue weighted by atomic mass is 16.5. The molecule has 3 heterocycles. The Morgan fingerprint density at radius 3 is 3.00 bits per heavy atom. The topological polar surface area (TPSA) is 68.9 Å². The van der Waals surface area contributed by atoms with Crippen molar-refractivity contribution in [1.82, 2.24) is 14.8 Å². The van der Waals surface area contributed by atoms with Gasteiger partial charge < -0.3 is 15.5 Å². The van der Waals surface area contributed by atoms with Gasteiger partial charge in [-0.1, -0.05) is 12.1 Å². The number of aromatic nitrogens is 3. The van der Waals surface area contributed by atoms with Gasteiger partial charge in [0.15, 0.2) is 6.23 Å². The number of nitrogens with zero attached hydrogens (tertiary/aromatic N) is 2. The molecule has 1 fully saturated rings. The Hall–Kier alpha value is -2.79. The van der Waals surface area contributed by atoms with Crippen LogP contribution in [0.25, 0.3) is 32.9 Å². The number of rotatable bonds is 2. The predicted molar refractivity (Wildman–Crippen MR) is 100 cm³/mol. The quantitative estimate of drug-likeness (QED) is 0.532. The zero-order chi connectivity index (χ0) is 16.8. The molecule has 0 spiro atoms. The van der Waals surface area contributed by atoms with Gasteiger partial charge in [0.05, 0.1) is 11.7 Å². The van der Waals surface area contributed by atoms with Crippen molar-refractivity contribution in [2.24, 2.45) is 0 Å². The van der Waals surface area contributed by atoms with E-state index < -0.39 is 0 Å². The van der Waals surface area contributed by atoms with Crippen molar-refractivity contribution >= 4 is 27.5 Å². The van der Waals surface area contributed by atoms with E-state index in [1.54, 1.807) is 0 Å². The van der Waals surface area contributed by atoms with Gasteiger partial charge in [-0.05, 0) is 54.7 Å². The molecular weight excluding hydrogens is 312 g/mol. The summed E-state index contributed by atoms with van der Waals surface area (Å²) in [5, 5.41) is 6.75. The number of nitrogens with one attached hydrogen (secondary N) is 1. The maximum absolute atomic E-state index is 6.35. The Bertz CT molecular complexity index is 1060. The molecular formula is C20H20N4O. The standard InChI is InChI=1S/C20H20N4O/c21-17-10-13(14-4-3-5-18-15(14)7-8-22-18)11-19-16(17)12-23-24(19)20-6-1-2-9-25-20/h3-5,7-8,10-12,20,22H,1-2,6,9,21H2. The molecule has 1 aliphatic rings. The lowest BCUT2D eigenvalue weighted by atomic mass is 10.00. The third kappa shape index (κ3) is 2.31. The van der Waals surface area contributed by atoms with Crippen LogP contribution in [0.15, 0.2) is 48.8 Å². The van der Waals surface area contributed by atoms with Gasteiger partial charge in [-0.2, -0.15) is 5.10 Å². The number of H-pyrrole nitrogens is 1. The van der Waals surface area contributed by atoms with Gasteiger partial charge in [-0.25, -0.2) is 4.68 Å². The third-order valence-corrected chi connectivity index (χ3v) is 5.08. The van der Waals surface area contributed by atoms with E-state index in [1.165, 1.54) is 17.4 Å². The van der Waals surface area contributed by atoms with Crippen molar-refractivity contribution in [2.45, 2.75) is 25.5 Å². The number of aromatic amines is 1. The first-order valence-electron chi connectivity index (χ1n) is 8.76. The summed E-state index contributed by atoms with van der Waals surface area (Å²) < 4.78 is 7.92. The van der Waals surface area contributed by atoms with Crippen LogP contribution in [0.5, 0.6) is 0 Å². The van der Waals surface area contributed by atoms with E-state index in [9.17, 15) is 0 Å². The second kappa shape index (κ2) is 5.63. The maximum atomic E-state index is 6.35. The molecule has 1 aliphatic heterocycles. The fraction of sp³-hybridized carbons (Fsp3) is 0.250. The molecule has 1 atom stereocenters. The molecule has 0 bridgehead atoms. The van der Waals surface area contributed by atoms with Gasteiger partial charge in [-0.3, -0.25) is 0 Å². The molecule has 4 aromatic rings. The van der Waals surface area contributed by atoms with E-state index in [0.717, 1.165) is 47.1 Å². The summed E-state index contributed by atoms with van der Waals surface area (Å²) in [5.41, 5.74) is 11.5. The van der Waals surface area contributed by atoms with Crippen LogP contribution in [0.4, 0.5) is 5.69 Å². The molecule has 5 rings (SSSR count). The molecule has 0 saturated carbocycles. The largest absolute Gasteiger partial charge is 0.398 e. The summed E-state index contributed by atoms with van der Waals surface area (Å²) in [4.78, 5) is 3.27. The highest BCUT2D eigenvalue weighted by molar-refractivity contribution is 6.00. The van der Waals surface area contributed by atoms with Crippen LogP contribution in [0, 0.1) is 0 Å². The van der Waals surface area contributed by atoms with Crippen LogP contribution in [0.1, 0.15) is 25.5 Å². The number of nitrogen functional groups attached to an aromatic ring is 1. The Kier molecular flexibility index (Phi) is 3.28. The predicted octanol–water partition coefficient (Wildman–Crippen LogP) is 4.47. The van der Waals surface area contributed by atoms with Gasteiger partial charge in [0, 0.05) is 34.8 Å². The van der Waals surface area contributed by atoms with Crippen LogP contribution >= 0.6 is 0 Å². The summed E-state index contributed by atoms with van der Waals surface area (Å²) in [5.74, 6) is 0. The second-order valence-electron chi connectivity index (χ2n) is 6.65. The van der Waals surface area contributed by atoms with Gasteiger partial charge in [0.1, 0.15) is 0 Å². The van der Waals surface area contributed by atoms with Crippen LogP contribution in [-0.2, 0) is 4.74 Å². The first-order valence-corrected chi connectivity index (χ1v) is 8.76. The smallest absolute Gasteiger partial charge is 0.150 e. The number of benzene rings is 2. The Labute approximate surface area is 145 Å². The highest BCUT2D eigenvalue weighted by Crippen LogP contribution is 2.35. The van der Waals surface area contributed by atoms with E-state index in [2.05, 4.69) is 40.4 Å². The minimum absolute atomic E-state index is 0.00366. The minimum Gasteiger partial charge on any atom is -0.398 e. The summed E-state index contributed by atoms with van der Waals surface area (Å²) in [6, 6.07) is 12.6. The van der Waals surface area contributed by atoms with Crippen LogP contribution in [0.2, 0.25) is 0 Å². The zero-order valence-corrected chi connectivity index (χ0v) is 13.9. The SMILES string of the molecule is Nc1cc(-c2cccc3[nH]ccc23)cc2c1cnn2C1CCCCO1. The lowest BCUT2D eigenvalue weighted by Gasteiger charge is -2.23. The monoisotopic (exact) mass is 332 g/mol. The fourth-order valence-electron chi connectivity index (χ4n) is 3.81. The summed E-state index contributed by atoms with van der Waals surface area (Å²) in [6.07, 6.45) is 7.11. The third-order valence-electron chi connectivity index (χ3n) is 5.08. The van der Waals surface area contributed by atoms with Crippen molar-refractivity contribution in [3.63, 3.8) is 0 Å². The first-order chi connectivity index (χ1) is 12.3. The molecule has 126 valence electrons. The maximum Gasteiger partial charge on any atom is 0.150 e. The number of hydrogen-bond donors (Lipinski definition) is 2. The minimum atomic E-state index is 0.00366. The van der Waals surface area contributed by atoms with Crippen molar-refractivity contribution in [3.05, 3.63) is 48.8 Å². The average molecular weight is 332 g/mol. The molecule has 1 unspecified atom stereocenters. The highest BCUT2D eigenvalue weighted by Gasteiger charge is 2.20. The molecule has 3 N–H and O–H groups in total. The van der Waals surface area contributed by atoms with Crippen molar-refractivity contribution in [2.75, 3.05) is 12.3 Å². The number of hydrogen-bond acceptors (Lipinski definition) is 3. The first kappa shape index (κ1) is 14.5. The van der Waals surface area contributed by atoms with Crippen LogP contribution in [0.3, 0.4) is 0 Å². The fourth-order valence-corrected chi connectivity index (χ4v) is 3.81. The molecule has 0 amide bonds. The van der Waals surface area contributed by atoms with Crippen LogP contribution < -0.4 is 5.73 Å². The van der Waals surface area contributed by atoms with Crippen LogP contribution in [-0.4, -0.2) is 21.4 Å². The molecule has 5 heteroatoms. The van der Waals surface area contributed by atoms with Crippen molar-refractivity contribution in [3.8, 4) is 11.1 Å². The molecule has 25 heavy (non-hydrogen) atoms. The Morgan fingerprint density at radius 1 is 1.16 bits per heavy atom. The Balaban J connectivity index is 1.70. The number of fused-ring (bicyclic) bond motifs is 2. The van der Waals surface area contributed by atoms with E-state index in [0.29, 0.717) is 0 Å². The normalized spacial score (nSPS) is 18.2. The molecule has 2 aromatic carbocycles. The zero-order valence-electron chi connectivity index (χ0n) is 13.9. The van der Waals surface area contributed by atoms with Gasteiger partial charge >= 0.3 is 0 Å². The second-order valence-corrected chi connectivity index (χ2v) is 6.65. The lowest BCUT2D eigenvalue weighted by molar-refractivity contribution is -0.0366. The van der Waals surface area contributed by atoms with Gasteiger partial charge in [0.25, 0.3) is 0 Å². The molecule has 1 saturated heterocycles. The average Bonchev–Trinajstić information content (AvgIpc) is 3.29. The van der Waals surface area contributed by atoms with E-state index in [1.807, 2.05) is 23.1 Å². The Morgan fingerprint density at radius 2 is 2.12 bits per heavy atom. The number of ether oxygens (including phenoxy) is 1. The van der Waals surface area contributed by atoms with Gasteiger partial charge in [-0.15, -0.1) is 0 Å². The molecule has 0 radical (unpaired) electrons. The van der Waals surface area contributed by atoms with E-state index >= 15 is 0 Å². The summed E-state index contributed by atoms with van der Waals surface area (Å²) >= 11 is 0. The summed E-state index contributed by atoms with van der Waals surface area (Å²) in [6.45, 7) is 0.795. The molecule has 5 nitrogen and oxygen atoms in total. The van der Waals surface area contributed by atoms with E-state index in [4.69, 9.17) is 10.5 Å². The van der Waals surface area contributed by atoms with Gasteiger partial charge in [0.2, 0.25) is 0 Å². The molecule has 2 aromatic heterocycles. The molecule has 0 aliphatic carbocycles.